The van der Waals surface area contributed by atoms with Gasteiger partial charge in [0.15, 0.2) is 0 Å². The van der Waals surface area contributed by atoms with E-state index in [-0.39, 0.29) is 30.3 Å². The first-order valence-corrected chi connectivity index (χ1v) is 12.1. The highest BCUT2D eigenvalue weighted by molar-refractivity contribution is 7.20. The van der Waals surface area contributed by atoms with E-state index in [1.807, 2.05) is 6.07 Å². The van der Waals surface area contributed by atoms with Crippen LogP contribution in [0.2, 0.25) is 0 Å². The predicted molar refractivity (Wildman–Crippen MR) is 127 cm³/mol. The summed E-state index contributed by atoms with van der Waals surface area (Å²) in [5.74, 6) is -0.771. The molecule has 0 amide bonds. The van der Waals surface area contributed by atoms with Crippen LogP contribution in [0.15, 0.2) is 35.4 Å². The Morgan fingerprint density at radius 2 is 1.94 bits per heavy atom. The molecule has 33 heavy (non-hydrogen) atoms. The molecule has 0 spiro atoms. The average Bonchev–Trinajstić information content (AvgIpc) is 3.13. The first kappa shape index (κ1) is 23.2. The van der Waals surface area contributed by atoms with Gasteiger partial charge in [0.1, 0.15) is 15.8 Å². The average molecular weight is 469 g/mol. The van der Waals surface area contributed by atoms with Crippen LogP contribution >= 0.6 is 11.3 Å². The van der Waals surface area contributed by atoms with Gasteiger partial charge in [-0.2, -0.15) is 0 Å². The Hall–Kier alpha value is -3.00. The molecule has 0 unspecified atom stereocenters. The van der Waals surface area contributed by atoms with Crippen molar-refractivity contribution in [1.82, 2.24) is 9.55 Å². The van der Waals surface area contributed by atoms with E-state index in [0.29, 0.717) is 26.2 Å². The van der Waals surface area contributed by atoms with E-state index in [2.05, 4.69) is 4.98 Å². The van der Waals surface area contributed by atoms with Crippen LogP contribution < -0.4 is 5.56 Å². The van der Waals surface area contributed by atoms with Crippen molar-refractivity contribution < 1.29 is 19.1 Å². The van der Waals surface area contributed by atoms with E-state index < -0.39 is 5.97 Å². The maximum atomic E-state index is 13.2. The topological polar surface area (TPSA) is 87.5 Å². The monoisotopic (exact) mass is 468 g/mol. The number of thiophene rings is 1. The smallest absolute Gasteiger partial charge is 0.348 e. The molecule has 1 aliphatic carbocycles. The minimum absolute atomic E-state index is 0.0462. The molecular weight excluding hydrogens is 440 g/mol. The molecule has 1 saturated carbocycles. The van der Waals surface area contributed by atoms with Crippen LogP contribution in [0.3, 0.4) is 0 Å². The van der Waals surface area contributed by atoms with Gasteiger partial charge < -0.3 is 9.47 Å². The summed E-state index contributed by atoms with van der Waals surface area (Å²) in [6.45, 7) is 5.61. The number of rotatable bonds is 6. The second-order valence-corrected chi connectivity index (χ2v) is 9.73. The van der Waals surface area contributed by atoms with Crippen molar-refractivity contribution in [1.29, 1.82) is 0 Å². The van der Waals surface area contributed by atoms with Crippen LogP contribution in [0.1, 0.15) is 77.1 Å². The van der Waals surface area contributed by atoms with E-state index in [1.165, 1.54) is 28.7 Å². The second kappa shape index (κ2) is 9.87. The predicted octanol–water partition coefficient (Wildman–Crippen LogP) is 4.87. The van der Waals surface area contributed by atoms with Gasteiger partial charge in [0, 0.05) is 0 Å². The number of carbonyl (C=O) groups is 2. The molecule has 0 atom stereocenters. The summed E-state index contributed by atoms with van der Waals surface area (Å²) in [6.07, 6.45) is 6.34. The number of aromatic nitrogens is 2. The van der Waals surface area contributed by atoms with Crippen molar-refractivity contribution >= 4 is 33.5 Å². The largest absolute Gasteiger partial charge is 0.459 e. The third kappa shape index (κ3) is 5.16. The van der Waals surface area contributed by atoms with Crippen LogP contribution in [0, 0.1) is 6.92 Å². The van der Waals surface area contributed by atoms with Crippen LogP contribution in [-0.2, 0) is 16.0 Å². The summed E-state index contributed by atoms with van der Waals surface area (Å²) in [5.41, 5.74) is 1.60. The van der Waals surface area contributed by atoms with Gasteiger partial charge in [-0.05, 0) is 69.7 Å². The van der Waals surface area contributed by atoms with Gasteiger partial charge in [0.2, 0.25) is 0 Å². The number of carbonyl (C=O) groups excluding carboxylic acids is 2. The number of fused-ring (bicyclic) bond motifs is 1. The van der Waals surface area contributed by atoms with E-state index in [1.54, 1.807) is 39.0 Å². The van der Waals surface area contributed by atoms with Gasteiger partial charge >= 0.3 is 11.9 Å². The Kier molecular flexibility index (Phi) is 6.93. The molecule has 1 aromatic carbocycles. The number of benzene rings is 1. The highest BCUT2D eigenvalue weighted by atomic mass is 32.1. The Morgan fingerprint density at radius 3 is 2.67 bits per heavy atom. The molecule has 2 heterocycles. The van der Waals surface area contributed by atoms with E-state index in [0.717, 1.165) is 31.2 Å². The summed E-state index contributed by atoms with van der Waals surface area (Å²) >= 11 is 1.20. The van der Waals surface area contributed by atoms with Gasteiger partial charge in [0.05, 0.1) is 29.9 Å². The molecule has 7 nitrogen and oxygen atoms in total. The van der Waals surface area contributed by atoms with Gasteiger partial charge in [0.25, 0.3) is 5.56 Å². The number of hydrogen-bond acceptors (Lipinski definition) is 7. The number of esters is 2. The Balaban J connectivity index is 1.58. The van der Waals surface area contributed by atoms with Crippen molar-refractivity contribution in [2.45, 2.75) is 71.6 Å². The number of nitrogens with zero attached hydrogens (tertiary/aromatic N) is 2. The molecule has 0 radical (unpaired) electrons. The van der Waals surface area contributed by atoms with Crippen molar-refractivity contribution in [3.8, 4) is 0 Å². The standard InChI is InChI=1S/C25H28N2O5S/c1-15(2)31-24(29)18-9-7-8-17(12-18)13-27-14-26-22-20(23(27)28)16(3)21(33-22)25(30)32-19-10-5-4-6-11-19/h7-9,12,14-15,19H,4-6,10-11,13H2,1-3H3. The minimum Gasteiger partial charge on any atom is -0.459 e. The third-order valence-electron chi connectivity index (χ3n) is 5.79. The van der Waals surface area contributed by atoms with E-state index in [9.17, 15) is 14.4 Å². The molecular formula is C25H28N2O5S. The highest BCUT2D eigenvalue weighted by Gasteiger charge is 2.24. The minimum atomic E-state index is -0.400. The van der Waals surface area contributed by atoms with Crippen molar-refractivity contribution in [2.24, 2.45) is 0 Å². The fraction of sp³-hybridized carbons (Fsp3) is 0.440. The molecule has 1 fully saturated rings. The molecule has 3 aromatic rings. The van der Waals surface area contributed by atoms with Gasteiger partial charge in [-0.15, -0.1) is 11.3 Å². The van der Waals surface area contributed by atoms with Crippen molar-refractivity contribution in [3.63, 3.8) is 0 Å². The lowest BCUT2D eigenvalue weighted by molar-refractivity contribution is 0.0215. The second-order valence-electron chi connectivity index (χ2n) is 8.73. The Labute approximate surface area is 196 Å². The fourth-order valence-electron chi connectivity index (χ4n) is 4.13. The number of aryl methyl sites for hydroxylation is 1. The van der Waals surface area contributed by atoms with Gasteiger partial charge in [-0.3, -0.25) is 9.36 Å². The van der Waals surface area contributed by atoms with Crippen LogP contribution in [-0.4, -0.2) is 33.7 Å². The lowest BCUT2D eigenvalue weighted by atomic mass is 9.98. The van der Waals surface area contributed by atoms with Crippen LogP contribution in [0.4, 0.5) is 0 Å². The van der Waals surface area contributed by atoms with E-state index in [4.69, 9.17) is 9.47 Å². The third-order valence-corrected chi connectivity index (χ3v) is 6.97. The van der Waals surface area contributed by atoms with Crippen molar-refractivity contribution in [3.05, 3.63) is 62.5 Å². The maximum Gasteiger partial charge on any atom is 0.348 e. The molecule has 2 aromatic heterocycles. The molecule has 0 saturated heterocycles. The highest BCUT2D eigenvalue weighted by Crippen LogP contribution is 2.29. The first-order valence-electron chi connectivity index (χ1n) is 11.3. The zero-order valence-corrected chi connectivity index (χ0v) is 19.9. The SMILES string of the molecule is Cc1c(C(=O)OC2CCCCC2)sc2ncn(Cc3cccc(C(=O)OC(C)C)c3)c(=O)c12. The molecule has 0 N–H and O–H groups in total. The van der Waals surface area contributed by atoms with E-state index >= 15 is 0 Å². The number of ether oxygens (including phenoxy) is 2. The van der Waals surface area contributed by atoms with Crippen LogP contribution in [0.5, 0.6) is 0 Å². The maximum absolute atomic E-state index is 13.2. The Bertz CT molecular complexity index is 1240. The molecule has 8 heteroatoms. The fourth-order valence-corrected chi connectivity index (χ4v) is 5.15. The molecule has 0 aliphatic heterocycles. The lowest BCUT2D eigenvalue weighted by Gasteiger charge is -2.21. The number of hydrogen-bond donors (Lipinski definition) is 0. The lowest BCUT2D eigenvalue weighted by Crippen LogP contribution is -2.22. The van der Waals surface area contributed by atoms with Gasteiger partial charge in [-0.1, -0.05) is 18.6 Å². The zero-order valence-electron chi connectivity index (χ0n) is 19.1. The first-order chi connectivity index (χ1) is 15.8. The molecule has 4 rings (SSSR count). The summed E-state index contributed by atoms with van der Waals surface area (Å²) in [5, 5.41) is 0.438. The molecule has 1 aliphatic rings. The van der Waals surface area contributed by atoms with Crippen LogP contribution in [0.25, 0.3) is 10.2 Å². The van der Waals surface area contributed by atoms with Crippen molar-refractivity contribution in [2.75, 3.05) is 0 Å². The Morgan fingerprint density at radius 1 is 1.18 bits per heavy atom. The molecule has 0 bridgehead atoms. The summed E-state index contributed by atoms with van der Waals surface area (Å²) in [7, 11) is 0. The van der Waals surface area contributed by atoms with Gasteiger partial charge in [-0.25, -0.2) is 14.6 Å². The zero-order chi connectivity index (χ0) is 23.5. The summed E-state index contributed by atoms with van der Waals surface area (Å²) < 4.78 is 12.5. The normalized spacial score (nSPS) is 14.5. The summed E-state index contributed by atoms with van der Waals surface area (Å²) in [6, 6.07) is 7.01. The summed E-state index contributed by atoms with van der Waals surface area (Å²) in [4.78, 5) is 43.6. The molecule has 174 valence electrons. The quantitative estimate of drug-likeness (QED) is 0.480.